The molecule has 1 atom stereocenters. The van der Waals surface area contributed by atoms with Gasteiger partial charge in [0.15, 0.2) is 0 Å². The fourth-order valence-corrected chi connectivity index (χ4v) is 5.08. The van der Waals surface area contributed by atoms with Crippen LogP contribution < -0.4 is 5.32 Å². The summed E-state index contributed by atoms with van der Waals surface area (Å²) in [5.74, 6) is -0.0827. The quantitative estimate of drug-likeness (QED) is 0.488. The molecular weight excluding hydrogens is 438 g/mol. The van der Waals surface area contributed by atoms with Gasteiger partial charge in [-0.15, -0.1) is 11.3 Å². The lowest BCUT2D eigenvalue weighted by atomic mass is 10.1. The highest BCUT2D eigenvalue weighted by atomic mass is 35.5. The lowest BCUT2D eigenvalue weighted by Gasteiger charge is -2.34. The van der Waals surface area contributed by atoms with Gasteiger partial charge >= 0.3 is 0 Å². The van der Waals surface area contributed by atoms with Crippen LogP contribution in [0.2, 0.25) is 5.02 Å². The van der Waals surface area contributed by atoms with Crippen molar-refractivity contribution in [3.8, 4) is 10.4 Å². The molecule has 4 rings (SSSR count). The van der Waals surface area contributed by atoms with Gasteiger partial charge in [0.25, 0.3) is 0 Å². The molecule has 0 spiro atoms. The van der Waals surface area contributed by atoms with Crippen LogP contribution >= 0.6 is 22.9 Å². The monoisotopic (exact) mass is 465 g/mol. The Morgan fingerprint density at radius 2 is 1.75 bits per heavy atom. The van der Waals surface area contributed by atoms with Crippen LogP contribution in [-0.2, 0) is 4.79 Å². The third kappa shape index (κ3) is 6.08. The highest BCUT2D eigenvalue weighted by Crippen LogP contribution is 2.33. The Bertz CT molecular complexity index is 1060. The van der Waals surface area contributed by atoms with Crippen LogP contribution in [0.15, 0.2) is 72.8 Å². The van der Waals surface area contributed by atoms with Gasteiger partial charge in [-0.3, -0.25) is 9.69 Å². The van der Waals surface area contributed by atoms with E-state index < -0.39 is 0 Å². The van der Waals surface area contributed by atoms with Crippen LogP contribution in [0, 0.1) is 0 Å². The number of likely N-dealkylation sites (N-methyl/N-ethyl adjacent to an activating group) is 1. The van der Waals surface area contributed by atoms with E-state index in [1.165, 1.54) is 0 Å². The number of carbonyl (C=O) groups excluding carboxylic acids is 1. The minimum absolute atomic E-state index is 0.0428. The predicted molar refractivity (Wildman–Crippen MR) is 135 cm³/mol. The zero-order chi connectivity index (χ0) is 22.3. The van der Waals surface area contributed by atoms with Crippen LogP contribution in [0.5, 0.6) is 0 Å². The summed E-state index contributed by atoms with van der Waals surface area (Å²) in [7, 11) is 2.15. The van der Waals surface area contributed by atoms with E-state index in [9.17, 15) is 4.79 Å². The SMILES string of the molecule is CN1CCN(CC(NC(=O)/C=C/c2ccc(-c3ccccc3Cl)s2)c2ccccc2)CC1. The number of halogens is 1. The molecular formula is C26H28ClN3OS. The van der Waals surface area contributed by atoms with Crippen molar-refractivity contribution in [2.24, 2.45) is 0 Å². The summed E-state index contributed by atoms with van der Waals surface area (Å²) in [4.78, 5) is 19.7. The molecule has 1 saturated heterocycles. The molecule has 1 unspecified atom stereocenters. The standard InChI is InChI=1S/C26H28ClN3OS/c1-29-15-17-30(18-16-29)19-24(20-7-3-2-4-8-20)28-26(31)14-12-21-11-13-25(32-21)22-9-5-6-10-23(22)27/h2-14,24H,15-19H2,1H3,(H,28,31)/b14-12+. The summed E-state index contributed by atoms with van der Waals surface area (Å²) in [6, 6.07) is 22.1. The van der Waals surface area contributed by atoms with Crippen molar-refractivity contribution < 1.29 is 4.79 Å². The molecule has 2 heterocycles. The van der Waals surface area contributed by atoms with Crippen molar-refractivity contribution in [1.29, 1.82) is 0 Å². The number of rotatable bonds is 7. The van der Waals surface area contributed by atoms with E-state index in [0.29, 0.717) is 0 Å². The Hall–Kier alpha value is -2.44. The number of piperazine rings is 1. The molecule has 4 nitrogen and oxygen atoms in total. The number of amides is 1. The Balaban J connectivity index is 1.42. The van der Waals surface area contributed by atoms with E-state index in [1.807, 2.05) is 60.7 Å². The van der Waals surface area contributed by atoms with Crippen LogP contribution in [0.25, 0.3) is 16.5 Å². The first-order valence-electron chi connectivity index (χ1n) is 10.9. The summed E-state index contributed by atoms with van der Waals surface area (Å²) in [5, 5.41) is 3.95. The minimum atomic E-state index is -0.0827. The molecule has 1 aromatic heterocycles. The van der Waals surface area contributed by atoms with Gasteiger partial charge in [0.2, 0.25) is 5.91 Å². The fourth-order valence-electron chi connectivity index (χ4n) is 3.83. The van der Waals surface area contributed by atoms with Crippen LogP contribution in [-0.4, -0.2) is 55.5 Å². The molecule has 0 bridgehead atoms. The average Bonchev–Trinajstić information content (AvgIpc) is 3.28. The summed E-state index contributed by atoms with van der Waals surface area (Å²) >= 11 is 7.94. The highest BCUT2D eigenvalue weighted by molar-refractivity contribution is 7.16. The number of hydrogen-bond donors (Lipinski definition) is 1. The van der Waals surface area contributed by atoms with Gasteiger partial charge in [-0.1, -0.05) is 60.1 Å². The maximum Gasteiger partial charge on any atom is 0.244 e. The lowest BCUT2D eigenvalue weighted by molar-refractivity contribution is -0.117. The zero-order valence-corrected chi connectivity index (χ0v) is 19.8. The number of hydrogen-bond acceptors (Lipinski definition) is 4. The minimum Gasteiger partial charge on any atom is -0.344 e. The molecule has 0 radical (unpaired) electrons. The van der Waals surface area contributed by atoms with Crippen molar-refractivity contribution in [3.05, 3.63) is 88.3 Å². The summed E-state index contributed by atoms with van der Waals surface area (Å²) in [6.45, 7) is 4.97. The second-order valence-electron chi connectivity index (χ2n) is 8.09. The number of carbonyl (C=O) groups is 1. The molecule has 1 fully saturated rings. The number of nitrogens with one attached hydrogen (secondary N) is 1. The molecule has 6 heteroatoms. The third-order valence-electron chi connectivity index (χ3n) is 5.72. The van der Waals surface area contributed by atoms with Crippen molar-refractivity contribution in [1.82, 2.24) is 15.1 Å². The summed E-state index contributed by atoms with van der Waals surface area (Å²) in [6.07, 6.45) is 3.50. The van der Waals surface area contributed by atoms with E-state index in [2.05, 4.69) is 34.3 Å². The Morgan fingerprint density at radius 1 is 1.03 bits per heavy atom. The van der Waals surface area contributed by atoms with Crippen LogP contribution in [0.4, 0.5) is 0 Å². The van der Waals surface area contributed by atoms with Crippen molar-refractivity contribution >= 4 is 34.9 Å². The van der Waals surface area contributed by atoms with Gasteiger partial charge in [-0.2, -0.15) is 0 Å². The van der Waals surface area contributed by atoms with Crippen molar-refractivity contribution in [3.63, 3.8) is 0 Å². The number of benzene rings is 2. The van der Waals surface area contributed by atoms with E-state index in [1.54, 1.807) is 17.4 Å². The van der Waals surface area contributed by atoms with Crippen LogP contribution in [0.3, 0.4) is 0 Å². The number of thiophene rings is 1. The topological polar surface area (TPSA) is 35.6 Å². The molecule has 3 aromatic rings. The molecule has 2 aromatic carbocycles. The normalized spacial score (nSPS) is 16.3. The van der Waals surface area contributed by atoms with E-state index >= 15 is 0 Å². The molecule has 0 aliphatic carbocycles. The first-order chi connectivity index (χ1) is 15.6. The van der Waals surface area contributed by atoms with Gasteiger partial charge in [-0.05, 0) is 36.9 Å². The molecule has 166 valence electrons. The maximum atomic E-state index is 12.8. The Morgan fingerprint density at radius 3 is 2.50 bits per heavy atom. The largest absolute Gasteiger partial charge is 0.344 e. The molecule has 32 heavy (non-hydrogen) atoms. The molecule has 0 saturated carbocycles. The van der Waals surface area contributed by atoms with Crippen LogP contribution in [0.1, 0.15) is 16.5 Å². The van der Waals surface area contributed by atoms with Crippen molar-refractivity contribution in [2.75, 3.05) is 39.8 Å². The van der Waals surface area contributed by atoms with Crippen molar-refractivity contribution in [2.45, 2.75) is 6.04 Å². The second-order valence-corrected chi connectivity index (χ2v) is 9.61. The maximum absolute atomic E-state index is 12.8. The van der Waals surface area contributed by atoms with Gasteiger partial charge in [0, 0.05) is 59.1 Å². The highest BCUT2D eigenvalue weighted by Gasteiger charge is 2.20. The first kappa shape index (κ1) is 22.7. The van der Waals surface area contributed by atoms with E-state index in [-0.39, 0.29) is 11.9 Å². The summed E-state index contributed by atoms with van der Waals surface area (Å²) in [5.41, 5.74) is 2.14. The predicted octanol–water partition coefficient (Wildman–Crippen LogP) is 5.19. The van der Waals surface area contributed by atoms with Gasteiger partial charge < -0.3 is 10.2 Å². The molecule has 1 aliphatic heterocycles. The van der Waals surface area contributed by atoms with Gasteiger partial charge in [0.05, 0.1) is 6.04 Å². The lowest BCUT2D eigenvalue weighted by Crippen LogP contribution is -2.47. The van der Waals surface area contributed by atoms with E-state index in [0.717, 1.165) is 58.6 Å². The van der Waals surface area contributed by atoms with Gasteiger partial charge in [0.1, 0.15) is 0 Å². The molecule has 1 N–H and O–H groups in total. The zero-order valence-electron chi connectivity index (χ0n) is 18.2. The van der Waals surface area contributed by atoms with E-state index in [4.69, 9.17) is 11.6 Å². The summed E-state index contributed by atoms with van der Waals surface area (Å²) < 4.78 is 0. The average molecular weight is 466 g/mol. The Kier molecular flexibility index (Phi) is 7.76. The van der Waals surface area contributed by atoms with Gasteiger partial charge in [-0.25, -0.2) is 0 Å². The molecule has 1 aliphatic rings. The third-order valence-corrected chi connectivity index (χ3v) is 7.13. The second kappa shape index (κ2) is 10.9. The first-order valence-corrected chi connectivity index (χ1v) is 12.1. The smallest absolute Gasteiger partial charge is 0.244 e. The number of nitrogens with zero attached hydrogens (tertiary/aromatic N) is 2. The Labute approximate surface area is 199 Å². The molecule has 1 amide bonds. The fraction of sp³-hybridized carbons (Fsp3) is 0.269.